The summed E-state index contributed by atoms with van der Waals surface area (Å²) in [6.45, 7) is 1.90. The molecule has 0 saturated carbocycles. The predicted octanol–water partition coefficient (Wildman–Crippen LogP) is 3.45. The summed E-state index contributed by atoms with van der Waals surface area (Å²) >= 11 is 0. The lowest BCUT2D eigenvalue weighted by Crippen LogP contribution is -2.30. The Kier molecular flexibility index (Phi) is 6.26. The van der Waals surface area contributed by atoms with Crippen LogP contribution < -0.4 is 16.1 Å². The summed E-state index contributed by atoms with van der Waals surface area (Å²) in [5, 5.41) is 20.5. The van der Waals surface area contributed by atoms with Crippen LogP contribution in [0.25, 0.3) is 11.5 Å². The number of aromatic nitrogens is 3. The molecular weight excluding hydrogens is 433 g/mol. The van der Waals surface area contributed by atoms with Crippen molar-refractivity contribution in [2.75, 3.05) is 24.4 Å². The van der Waals surface area contributed by atoms with E-state index in [4.69, 9.17) is 13.8 Å². The van der Waals surface area contributed by atoms with Crippen LogP contribution >= 0.6 is 0 Å². The van der Waals surface area contributed by atoms with E-state index in [0.29, 0.717) is 23.0 Å². The van der Waals surface area contributed by atoms with E-state index < -0.39 is 0 Å². The molecule has 3 N–H and O–H groups in total. The van der Waals surface area contributed by atoms with Gasteiger partial charge in [0.25, 0.3) is 5.89 Å². The average molecular weight is 457 g/mol. The molecule has 10 heteroatoms. The summed E-state index contributed by atoms with van der Waals surface area (Å²) in [4.78, 5) is 8.71. The van der Waals surface area contributed by atoms with E-state index in [1.807, 2.05) is 61.5 Å². The van der Waals surface area contributed by atoms with Gasteiger partial charge < -0.3 is 29.6 Å². The Morgan fingerprint density at radius 2 is 2.00 bits per heavy atom. The van der Waals surface area contributed by atoms with E-state index in [-0.39, 0.29) is 25.9 Å². The van der Waals surface area contributed by atoms with Gasteiger partial charge in [-0.2, -0.15) is 4.98 Å². The Balaban J connectivity index is 1.46. The Hall–Kier alpha value is -3.73. The zero-order chi connectivity index (χ0) is 23.5. The van der Waals surface area contributed by atoms with Gasteiger partial charge in [0.2, 0.25) is 0 Å². The van der Waals surface area contributed by atoms with Crippen LogP contribution in [0.2, 0.25) is 0 Å². The van der Waals surface area contributed by atoms with Gasteiger partial charge in [-0.1, -0.05) is 41.6 Å². The molecule has 2 aromatic carbocycles. The smallest absolute Gasteiger partial charge is 0.410 e. The van der Waals surface area contributed by atoms with Crippen molar-refractivity contribution >= 4 is 29.8 Å². The maximum atomic E-state index is 10.1. The minimum atomic E-state index is -0.352. The largest absolute Gasteiger partial charge is 0.494 e. The van der Waals surface area contributed by atoms with Crippen molar-refractivity contribution in [3.8, 4) is 11.5 Å². The molecule has 4 aromatic rings. The number of hydrogen-bond acceptors (Lipinski definition) is 9. The molecule has 0 fully saturated rings. The van der Waals surface area contributed by atoms with Gasteiger partial charge in [0.1, 0.15) is 5.82 Å². The molecule has 0 radical (unpaired) electrons. The molecule has 0 saturated heterocycles. The monoisotopic (exact) mass is 457 g/mol. The zero-order valence-corrected chi connectivity index (χ0v) is 18.8. The van der Waals surface area contributed by atoms with Gasteiger partial charge >= 0.3 is 7.12 Å². The highest BCUT2D eigenvalue weighted by Gasteiger charge is 2.34. The Morgan fingerprint density at radius 1 is 1.15 bits per heavy atom. The van der Waals surface area contributed by atoms with Crippen molar-refractivity contribution in [1.82, 2.24) is 15.1 Å². The molecule has 5 rings (SSSR count). The summed E-state index contributed by atoms with van der Waals surface area (Å²) in [7, 11) is 1.28. The maximum absolute atomic E-state index is 10.1. The van der Waals surface area contributed by atoms with E-state index in [1.165, 1.54) is 6.33 Å². The molecule has 0 bridgehead atoms. The van der Waals surface area contributed by atoms with Crippen molar-refractivity contribution in [3.05, 3.63) is 78.2 Å². The third kappa shape index (κ3) is 4.38. The molecule has 0 aliphatic carbocycles. The van der Waals surface area contributed by atoms with E-state index in [2.05, 4.69) is 25.8 Å². The zero-order valence-electron chi connectivity index (χ0n) is 18.8. The first kappa shape index (κ1) is 22.1. The predicted molar refractivity (Wildman–Crippen MR) is 129 cm³/mol. The first-order chi connectivity index (χ1) is 16.7. The van der Waals surface area contributed by atoms with Gasteiger partial charge in [-0.3, -0.25) is 0 Å². The lowest BCUT2D eigenvalue weighted by molar-refractivity contribution is 0.191. The molecule has 1 aliphatic heterocycles. The van der Waals surface area contributed by atoms with Gasteiger partial charge in [0.15, 0.2) is 6.33 Å². The Bertz CT molecular complexity index is 1260. The van der Waals surface area contributed by atoms with Crippen LogP contribution in [0.5, 0.6) is 0 Å². The molecule has 2 aromatic heterocycles. The lowest BCUT2D eigenvalue weighted by atomic mass is 9.78. The summed E-state index contributed by atoms with van der Waals surface area (Å²) < 4.78 is 16.5. The fourth-order valence-corrected chi connectivity index (χ4v) is 4.09. The summed E-state index contributed by atoms with van der Waals surface area (Å²) in [6.07, 6.45) is 2.94. The summed E-state index contributed by atoms with van der Waals surface area (Å²) in [5.41, 5.74) is 5.25. The van der Waals surface area contributed by atoms with Crippen LogP contribution in [0.3, 0.4) is 0 Å². The number of fused-ring (bicyclic) bond motifs is 1. The number of pyridine rings is 1. The fourth-order valence-electron chi connectivity index (χ4n) is 4.09. The van der Waals surface area contributed by atoms with Gasteiger partial charge in [-0.05, 0) is 35.6 Å². The molecule has 0 amide bonds. The van der Waals surface area contributed by atoms with Crippen LogP contribution in [0.4, 0.5) is 17.2 Å². The molecule has 34 heavy (non-hydrogen) atoms. The highest BCUT2D eigenvalue weighted by atomic mass is 16.6. The van der Waals surface area contributed by atoms with Gasteiger partial charge in [0.05, 0.1) is 30.0 Å². The Morgan fingerprint density at radius 3 is 2.74 bits per heavy atom. The first-order valence-electron chi connectivity index (χ1n) is 10.9. The number of aliphatic hydroxyl groups is 1. The number of rotatable bonds is 8. The second-order valence-electron chi connectivity index (χ2n) is 7.97. The number of benzene rings is 2. The van der Waals surface area contributed by atoms with E-state index in [9.17, 15) is 5.11 Å². The molecule has 172 valence electrons. The van der Waals surface area contributed by atoms with Crippen molar-refractivity contribution < 1.29 is 18.9 Å². The molecule has 2 atom stereocenters. The molecule has 1 aliphatic rings. The number of anilines is 3. The van der Waals surface area contributed by atoms with Crippen LogP contribution in [0, 0.1) is 0 Å². The minimum absolute atomic E-state index is 0.0667. The second-order valence-corrected chi connectivity index (χ2v) is 7.97. The Labute approximate surface area is 197 Å². The van der Waals surface area contributed by atoms with Crippen LogP contribution in [-0.4, -0.2) is 41.1 Å². The van der Waals surface area contributed by atoms with Gasteiger partial charge in [-0.25, -0.2) is 4.98 Å². The SMILES string of the molecule is COB1OC(C)c2cc(Nc3cc(N[C@H](CO)c4ccccc4)c(-c4ncno4)cn3)ccc21. The van der Waals surface area contributed by atoms with E-state index >= 15 is 0 Å². The lowest BCUT2D eigenvalue weighted by Gasteiger charge is -2.20. The molecule has 0 spiro atoms. The topological polar surface area (TPSA) is 115 Å². The molecular formula is C24H24BN5O4. The molecule has 3 heterocycles. The third-order valence-corrected chi connectivity index (χ3v) is 5.80. The van der Waals surface area contributed by atoms with Crippen LogP contribution in [-0.2, 0) is 9.31 Å². The fraction of sp³-hybridized carbons (Fsp3) is 0.208. The molecule has 9 nitrogen and oxygen atoms in total. The summed E-state index contributed by atoms with van der Waals surface area (Å²) in [6, 6.07) is 17.3. The van der Waals surface area contributed by atoms with Crippen molar-refractivity contribution in [3.63, 3.8) is 0 Å². The van der Waals surface area contributed by atoms with Crippen LogP contribution in [0.1, 0.15) is 30.2 Å². The number of nitrogens with zero attached hydrogens (tertiary/aromatic N) is 3. The standard InChI is InChI=1S/C24H24BN5O4/c1-15-18-10-17(8-9-20(18)25(32-2)33-15)29-23-11-21(19(12-26-23)24-27-14-28-34-24)30-22(13-31)16-6-4-3-5-7-16/h3-12,14-15,22,31H,13H2,1-2H3,(H2,26,29,30)/t15?,22-/m1/s1. The number of aliphatic hydroxyl groups excluding tert-OH is 1. The normalized spacial score (nSPS) is 15.7. The average Bonchev–Trinajstić information content (AvgIpc) is 3.51. The second kappa shape index (κ2) is 9.64. The minimum Gasteiger partial charge on any atom is -0.410 e. The summed E-state index contributed by atoms with van der Waals surface area (Å²) in [5.74, 6) is 0.950. The van der Waals surface area contributed by atoms with Gasteiger partial charge in [0, 0.05) is 25.1 Å². The highest BCUT2D eigenvalue weighted by Crippen LogP contribution is 2.32. The van der Waals surface area contributed by atoms with E-state index in [0.717, 1.165) is 22.3 Å². The van der Waals surface area contributed by atoms with Crippen molar-refractivity contribution in [1.29, 1.82) is 0 Å². The first-order valence-corrected chi connectivity index (χ1v) is 10.9. The number of nitrogens with one attached hydrogen (secondary N) is 2. The maximum Gasteiger partial charge on any atom is 0.494 e. The quantitative estimate of drug-likeness (QED) is 0.342. The van der Waals surface area contributed by atoms with Crippen molar-refractivity contribution in [2.24, 2.45) is 0 Å². The van der Waals surface area contributed by atoms with Crippen molar-refractivity contribution in [2.45, 2.75) is 19.1 Å². The van der Waals surface area contributed by atoms with E-state index in [1.54, 1.807) is 13.3 Å². The highest BCUT2D eigenvalue weighted by molar-refractivity contribution is 6.63. The van der Waals surface area contributed by atoms with Gasteiger partial charge in [-0.15, -0.1) is 0 Å². The van der Waals surface area contributed by atoms with Crippen LogP contribution in [0.15, 0.2) is 71.6 Å². The molecule has 1 unspecified atom stereocenters. The number of hydrogen-bond donors (Lipinski definition) is 3. The third-order valence-electron chi connectivity index (χ3n) is 5.80.